The van der Waals surface area contributed by atoms with Crippen LogP contribution < -0.4 is 4.31 Å². The number of hydrogen-bond acceptors (Lipinski definition) is 4. The number of carbonyl (C=O) groups excluding carboxylic acids is 1. The fraction of sp³-hybridized carbons (Fsp3) is 0.208. The summed E-state index contributed by atoms with van der Waals surface area (Å²) in [7, 11) is -3.92. The molecule has 2 heterocycles. The molecule has 0 N–H and O–H groups in total. The summed E-state index contributed by atoms with van der Waals surface area (Å²) in [5, 5.41) is 0. The maximum absolute atomic E-state index is 13.8. The number of sulfonamides is 1. The Morgan fingerprint density at radius 2 is 1.59 bits per heavy atom. The minimum atomic E-state index is -3.92. The van der Waals surface area contributed by atoms with Crippen LogP contribution in [0.1, 0.15) is 17.5 Å². The Hall–Kier alpha value is -2.84. The number of rotatable bonds is 4. The fourth-order valence-electron chi connectivity index (χ4n) is 4.48. The second kappa shape index (κ2) is 7.94. The van der Waals surface area contributed by atoms with Gasteiger partial charge in [0.2, 0.25) is 0 Å². The molecule has 1 fully saturated rings. The van der Waals surface area contributed by atoms with Crippen molar-refractivity contribution in [3.8, 4) is 0 Å². The average molecular weight is 513 g/mol. The maximum Gasteiger partial charge on any atom is 0.411 e. The largest absolute Gasteiger partial charge is 0.444 e. The smallest absolute Gasteiger partial charge is 0.411 e. The number of likely N-dealkylation sites (tertiary alicyclic amines) is 1. The van der Waals surface area contributed by atoms with Crippen molar-refractivity contribution in [3.63, 3.8) is 0 Å². The first kappa shape index (κ1) is 21.0. The Morgan fingerprint density at radius 3 is 2.31 bits per heavy atom. The minimum absolute atomic E-state index is 0.122. The number of carbonyl (C=O) groups is 1. The molecule has 32 heavy (non-hydrogen) atoms. The van der Waals surface area contributed by atoms with E-state index in [1.54, 1.807) is 36.4 Å². The highest BCUT2D eigenvalue weighted by Crippen LogP contribution is 2.57. The first-order chi connectivity index (χ1) is 15.4. The predicted octanol–water partition coefficient (Wildman–Crippen LogP) is 4.85. The Bertz CT molecular complexity index is 1250. The number of nitrogens with zero attached hydrogens (tertiary/aromatic N) is 2. The van der Waals surface area contributed by atoms with E-state index in [1.807, 2.05) is 48.5 Å². The third-order valence-corrected chi connectivity index (χ3v) is 8.99. The van der Waals surface area contributed by atoms with E-state index in [-0.39, 0.29) is 11.5 Å². The van der Waals surface area contributed by atoms with Crippen molar-refractivity contribution in [3.05, 3.63) is 96.1 Å². The van der Waals surface area contributed by atoms with E-state index in [9.17, 15) is 13.2 Å². The third kappa shape index (κ3) is 3.29. The summed E-state index contributed by atoms with van der Waals surface area (Å²) in [4.78, 5) is 14.8. The van der Waals surface area contributed by atoms with Crippen LogP contribution in [0.4, 0.5) is 10.5 Å². The standard InChI is InChI=1S/C24H21BrN2O4S/c25-24-15-16-26(23(28)31-17-18-9-3-1-4-10-18)22(24)27(21-14-8-7-13-20(21)24)32(29,30)19-11-5-2-6-12-19/h1-14,22H,15-17H2/t22-,24-/m0/s1. The van der Waals surface area contributed by atoms with Crippen molar-refractivity contribution < 1.29 is 17.9 Å². The van der Waals surface area contributed by atoms with Crippen molar-refractivity contribution in [1.82, 2.24) is 4.90 Å². The lowest BCUT2D eigenvalue weighted by molar-refractivity contribution is 0.0926. The summed E-state index contributed by atoms with van der Waals surface area (Å²) in [5.41, 5.74) is 2.29. The van der Waals surface area contributed by atoms with Crippen LogP contribution in [-0.4, -0.2) is 32.1 Å². The first-order valence-electron chi connectivity index (χ1n) is 10.3. The van der Waals surface area contributed by atoms with Gasteiger partial charge in [-0.3, -0.25) is 4.90 Å². The van der Waals surface area contributed by atoms with Crippen LogP contribution in [0.25, 0.3) is 0 Å². The summed E-state index contributed by atoms with van der Waals surface area (Å²) >= 11 is 3.83. The van der Waals surface area contributed by atoms with Crippen molar-refractivity contribution in [1.29, 1.82) is 0 Å². The SMILES string of the molecule is O=C(OCc1ccccc1)N1CC[C@]2(Br)c3ccccc3N(S(=O)(=O)c3ccccc3)[C@H]12. The first-order valence-corrected chi connectivity index (χ1v) is 12.5. The number of alkyl halides is 1. The van der Waals surface area contributed by atoms with Crippen LogP contribution in [-0.2, 0) is 25.7 Å². The summed E-state index contributed by atoms with van der Waals surface area (Å²) < 4.78 is 33.7. The molecule has 0 spiro atoms. The molecule has 3 aromatic carbocycles. The van der Waals surface area contributed by atoms with Crippen LogP contribution in [0.5, 0.6) is 0 Å². The fourth-order valence-corrected chi connectivity index (χ4v) is 7.28. The molecule has 0 radical (unpaired) electrons. The molecule has 3 aromatic rings. The van der Waals surface area contributed by atoms with E-state index in [0.29, 0.717) is 18.7 Å². The van der Waals surface area contributed by atoms with Crippen LogP contribution >= 0.6 is 15.9 Å². The summed E-state index contributed by atoms with van der Waals surface area (Å²) in [5.74, 6) is 0. The molecule has 2 atom stereocenters. The third-order valence-electron chi connectivity index (χ3n) is 5.97. The number of ether oxygens (including phenoxy) is 1. The molecule has 164 valence electrons. The molecule has 8 heteroatoms. The van der Waals surface area contributed by atoms with Crippen molar-refractivity contribution in [2.45, 2.75) is 28.4 Å². The van der Waals surface area contributed by atoms with Gasteiger partial charge in [0.05, 0.1) is 14.9 Å². The molecular formula is C24H21BrN2O4S. The van der Waals surface area contributed by atoms with E-state index in [0.717, 1.165) is 11.1 Å². The van der Waals surface area contributed by atoms with Crippen LogP contribution in [0.3, 0.4) is 0 Å². The molecule has 1 amide bonds. The highest BCUT2D eigenvalue weighted by atomic mass is 79.9. The Morgan fingerprint density at radius 1 is 0.969 bits per heavy atom. The molecule has 5 rings (SSSR count). The van der Waals surface area contributed by atoms with Crippen molar-refractivity contribution in [2.75, 3.05) is 10.8 Å². The van der Waals surface area contributed by atoms with E-state index in [2.05, 4.69) is 15.9 Å². The number of hydrogen-bond donors (Lipinski definition) is 0. The zero-order chi connectivity index (χ0) is 22.3. The van der Waals surface area contributed by atoms with Gasteiger partial charge < -0.3 is 4.74 Å². The second-order valence-electron chi connectivity index (χ2n) is 7.85. The lowest BCUT2D eigenvalue weighted by atomic mass is 9.98. The van der Waals surface area contributed by atoms with Crippen molar-refractivity contribution in [2.24, 2.45) is 0 Å². The molecule has 0 saturated carbocycles. The second-order valence-corrected chi connectivity index (χ2v) is 11.1. The summed E-state index contributed by atoms with van der Waals surface area (Å²) in [6.07, 6.45) is -0.745. The minimum Gasteiger partial charge on any atom is -0.444 e. The average Bonchev–Trinajstić information content (AvgIpc) is 3.29. The van der Waals surface area contributed by atoms with Gasteiger partial charge in [0.25, 0.3) is 10.0 Å². The Labute approximate surface area is 195 Å². The van der Waals surface area contributed by atoms with Gasteiger partial charge in [-0.25, -0.2) is 17.5 Å². The molecule has 2 aliphatic heterocycles. The van der Waals surface area contributed by atoms with Crippen LogP contribution in [0.15, 0.2) is 89.8 Å². The molecule has 1 saturated heterocycles. The van der Waals surface area contributed by atoms with Crippen molar-refractivity contribution >= 4 is 37.7 Å². The highest BCUT2D eigenvalue weighted by molar-refractivity contribution is 9.09. The molecule has 0 unspecified atom stereocenters. The maximum atomic E-state index is 13.8. The zero-order valence-corrected chi connectivity index (χ0v) is 19.5. The van der Waals surface area contributed by atoms with Gasteiger partial charge in [-0.15, -0.1) is 0 Å². The topological polar surface area (TPSA) is 66.9 Å². The van der Waals surface area contributed by atoms with Crippen LogP contribution in [0, 0.1) is 0 Å². The molecule has 2 aliphatic rings. The zero-order valence-electron chi connectivity index (χ0n) is 17.1. The Kier molecular flexibility index (Phi) is 5.22. The number of amides is 1. The number of fused-ring (bicyclic) bond motifs is 3. The van der Waals surface area contributed by atoms with E-state index in [4.69, 9.17) is 4.74 Å². The normalized spacial score (nSPS) is 21.8. The number of halogens is 1. The molecule has 6 nitrogen and oxygen atoms in total. The van der Waals surface area contributed by atoms with Gasteiger partial charge in [-0.05, 0) is 35.7 Å². The lowest BCUT2D eigenvalue weighted by Gasteiger charge is -2.34. The number of anilines is 1. The van der Waals surface area contributed by atoms with E-state index >= 15 is 0 Å². The molecule has 0 aliphatic carbocycles. The van der Waals surface area contributed by atoms with Gasteiger partial charge in [0.1, 0.15) is 12.8 Å². The van der Waals surface area contributed by atoms with Gasteiger partial charge >= 0.3 is 6.09 Å². The molecule has 0 bridgehead atoms. The Balaban J connectivity index is 1.53. The monoisotopic (exact) mass is 512 g/mol. The van der Waals surface area contributed by atoms with E-state index < -0.39 is 26.6 Å². The van der Waals surface area contributed by atoms with Gasteiger partial charge in [-0.1, -0.05) is 82.7 Å². The summed E-state index contributed by atoms with van der Waals surface area (Å²) in [6.45, 7) is 0.495. The van der Waals surface area contributed by atoms with Gasteiger partial charge in [-0.2, -0.15) is 0 Å². The number of benzene rings is 3. The van der Waals surface area contributed by atoms with Gasteiger partial charge in [0, 0.05) is 6.54 Å². The van der Waals surface area contributed by atoms with E-state index in [1.165, 1.54) is 9.21 Å². The highest BCUT2D eigenvalue weighted by Gasteiger charge is 2.61. The summed E-state index contributed by atoms with van der Waals surface area (Å²) in [6, 6.07) is 25.1. The van der Waals surface area contributed by atoms with Gasteiger partial charge in [0.15, 0.2) is 0 Å². The number of para-hydroxylation sites is 1. The molecule has 0 aromatic heterocycles. The quantitative estimate of drug-likeness (QED) is 0.468. The lowest BCUT2D eigenvalue weighted by Crippen LogP contribution is -2.52. The molecular weight excluding hydrogens is 492 g/mol. The van der Waals surface area contributed by atoms with Crippen LogP contribution in [0.2, 0.25) is 0 Å². The predicted molar refractivity (Wildman–Crippen MR) is 125 cm³/mol.